The zero-order valence-corrected chi connectivity index (χ0v) is 24.1. The van der Waals surface area contributed by atoms with Gasteiger partial charge in [0.15, 0.2) is 0 Å². The van der Waals surface area contributed by atoms with Crippen LogP contribution in [0.2, 0.25) is 0 Å². The van der Waals surface area contributed by atoms with Gasteiger partial charge in [0.05, 0.1) is 24.1 Å². The van der Waals surface area contributed by atoms with Crippen molar-refractivity contribution in [2.45, 2.75) is 24.8 Å². The zero-order valence-electron chi connectivity index (χ0n) is 22.0. The number of aliphatic hydroxyl groups excluding tert-OH is 1. The van der Waals surface area contributed by atoms with Gasteiger partial charge in [0.1, 0.15) is 35.9 Å². The zero-order chi connectivity index (χ0) is 29.1. The van der Waals surface area contributed by atoms with E-state index in [9.17, 15) is 18.4 Å². The Kier molecular flexibility index (Phi) is 8.64. The van der Waals surface area contributed by atoms with Crippen molar-refractivity contribution in [2.75, 3.05) is 19.8 Å². The molecule has 3 N–H and O–H groups in total. The van der Waals surface area contributed by atoms with E-state index in [2.05, 4.69) is 15.3 Å². The Balaban J connectivity index is 1.44. The molecule has 1 fully saturated rings. The molecule has 0 saturated carbocycles. The lowest BCUT2D eigenvalue weighted by molar-refractivity contribution is -0.127. The Morgan fingerprint density at radius 2 is 1.76 bits per heavy atom. The topological polar surface area (TPSA) is 108 Å². The van der Waals surface area contributed by atoms with Crippen LogP contribution in [0.15, 0.2) is 72.9 Å². The second kappa shape index (κ2) is 12.4. The highest BCUT2D eigenvalue weighted by molar-refractivity contribution is 14.1. The molecule has 1 aliphatic heterocycles. The number of aromatic amines is 1. The number of H-pyrrole nitrogens is 1. The minimum absolute atomic E-state index is 0.0144. The number of halogens is 3. The molecule has 0 aliphatic carbocycles. The maximum absolute atomic E-state index is 14.7. The van der Waals surface area contributed by atoms with Crippen molar-refractivity contribution in [1.82, 2.24) is 20.2 Å². The number of benzene rings is 3. The number of hydrogen-bond donors (Lipinski definition) is 3. The molecule has 1 saturated heterocycles. The maximum Gasteiger partial charge on any atom is 0.325 e. The lowest BCUT2D eigenvalue weighted by Crippen LogP contribution is -2.36. The number of imidazole rings is 1. The number of aromatic nitrogens is 2. The molecule has 41 heavy (non-hydrogen) atoms. The van der Waals surface area contributed by atoms with Crippen molar-refractivity contribution in [3.63, 3.8) is 0 Å². The summed E-state index contributed by atoms with van der Waals surface area (Å²) in [5.41, 5.74) is 1.47. The molecule has 3 atom stereocenters. The first-order valence-corrected chi connectivity index (χ1v) is 14.0. The van der Waals surface area contributed by atoms with Crippen LogP contribution in [0, 0.1) is 15.2 Å². The molecule has 212 valence electrons. The van der Waals surface area contributed by atoms with Gasteiger partial charge >= 0.3 is 6.03 Å². The van der Waals surface area contributed by atoms with Crippen molar-refractivity contribution in [3.05, 3.63) is 105 Å². The summed E-state index contributed by atoms with van der Waals surface area (Å²) < 4.78 is 35.3. The number of hydrogen-bond acceptors (Lipinski definition) is 5. The fraction of sp³-hybridized carbons (Fsp3) is 0.233. The molecule has 3 amide bonds. The van der Waals surface area contributed by atoms with E-state index in [0.29, 0.717) is 20.7 Å². The Morgan fingerprint density at radius 1 is 1.07 bits per heavy atom. The standard InChI is InChI=1S/C30H27F2IN4O4/c1-17(18-5-3-2-4-6-18)22(28-34-15-25(35-28)26-23(31)13-20(33)14-24(26)32)16-37-29(39)27(36-30(37)40)19-7-9-21(10-8-19)41-12-11-38/h2-10,13-15,17,22,27,38H,11-12,16H2,1H3,(H,34,35)(H,36,40)/t17-,22?,27+/m0/s1. The third kappa shape index (κ3) is 6.10. The van der Waals surface area contributed by atoms with Crippen molar-refractivity contribution in [2.24, 2.45) is 0 Å². The van der Waals surface area contributed by atoms with Gasteiger partial charge in [0, 0.05) is 16.0 Å². The molecule has 3 aromatic carbocycles. The van der Waals surface area contributed by atoms with E-state index < -0.39 is 35.5 Å². The second-order valence-electron chi connectivity index (χ2n) is 9.70. The van der Waals surface area contributed by atoms with Gasteiger partial charge in [-0.3, -0.25) is 9.69 Å². The van der Waals surface area contributed by atoms with Gasteiger partial charge in [0.25, 0.3) is 5.91 Å². The van der Waals surface area contributed by atoms with Gasteiger partial charge in [-0.1, -0.05) is 49.4 Å². The van der Waals surface area contributed by atoms with Crippen molar-refractivity contribution in [3.8, 4) is 17.0 Å². The van der Waals surface area contributed by atoms with E-state index in [1.54, 1.807) is 24.3 Å². The summed E-state index contributed by atoms with van der Waals surface area (Å²) in [6.45, 7) is 1.96. The molecular formula is C30H27F2IN4O4. The van der Waals surface area contributed by atoms with Gasteiger partial charge in [-0.2, -0.15) is 0 Å². The predicted octanol–water partition coefficient (Wildman–Crippen LogP) is 5.51. The molecule has 0 radical (unpaired) electrons. The summed E-state index contributed by atoms with van der Waals surface area (Å²) in [5.74, 6) is -1.67. The third-order valence-corrected chi connectivity index (χ3v) is 7.75. The number of imide groups is 1. The van der Waals surface area contributed by atoms with Crippen LogP contribution >= 0.6 is 22.6 Å². The Hall–Kier alpha value is -3.84. The molecule has 0 spiro atoms. The van der Waals surface area contributed by atoms with Gasteiger partial charge in [-0.25, -0.2) is 18.6 Å². The molecule has 1 aliphatic rings. The van der Waals surface area contributed by atoms with E-state index >= 15 is 0 Å². The molecule has 0 bridgehead atoms. The highest BCUT2D eigenvalue weighted by Gasteiger charge is 2.41. The van der Waals surface area contributed by atoms with Crippen LogP contribution in [-0.4, -0.2) is 51.7 Å². The van der Waals surface area contributed by atoms with E-state index in [1.807, 2.05) is 59.8 Å². The number of urea groups is 1. The summed E-state index contributed by atoms with van der Waals surface area (Å²) in [7, 11) is 0. The highest BCUT2D eigenvalue weighted by atomic mass is 127. The summed E-state index contributed by atoms with van der Waals surface area (Å²) >= 11 is 1.85. The number of nitrogens with one attached hydrogen (secondary N) is 2. The van der Waals surface area contributed by atoms with Crippen LogP contribution in [0.4, 0.5) is 13.6 Å². The smallest absolute Gasteiger partial charge is 0.325 e. The number of carbonyl (C=O) groups is 2. The van der Waals surface area contributed by atoms with Crippen LogP contribution in [0.1, 0.15) is 41.8 Å². The van der Waals surface area contributed by atoms with Crippen LogP contribution in [0.25, 0.3) is 11.3 Å². The number of ether oxygens (including phenoxy) is 1. The fourth-order valence-electron chi connectivity index (χ4n) is 4.96. The molecule has 11 heteroatoms. The van der Waals surface area contributed by atoms with E-state index in [-0.39, 0.29) is 36.9 Å². The average molecular weight is 672 g/mol. The first kappa shape index (κ1) is 28.7. The number of amides is 3. The molecule has 1 aromatic heterocycles. The largest absolute Gasteiger partial charge is 0.491 e. The van der Waals surface area contributed by atoms with Crippen molar-refractivity contribution in [1.29, 1.82) is 0 Å². The molecule has 4 aromatic rings. The SMILES string of the molecule is C[C@@H](c1ccccc1)C(CN1C(=O)N[C@H](c2ccc(OCCO)cc2)C1=O)c1ncc(-c2c(F)cc(I)cc2F)[nH]1. The van der Waals surface area contributed by atoms with Crippen LogP contribution in [0.5, 0.6) is 5.75 Å². The number of rotatable bonds is 10. The van der Waals surface area contributed by atoms with Crippen LogP contribution in [-0.2, 0) is 4.79 Å². The Labute approximate surface area is 248 Å². The Morgan fingerprint density at radius 3 is 2.41 bits per heavy atom. The first-order chi connectivity index (χ1) is 19.8. The second-order valence-corrected chi connectivity index (χ2v) is 11.0. The first-order valence-electron chi connectivity index (χ1n) is 13.0. The molecule has 1 unspecified atom stereocenters. The minimum atomic E-state index is -0.885. The van der Waals surface area contributed by atoms with Crippen LogP contribution in [0.3, 0.4) is 0 Å². The summed E-state index contributed by atoms with van der Waals surface area (Å²) in [4.78, 5) is 35.2. The third-order valence-electron chi connectivity index (χ3n) is 7.13. The molecule has 2 heterocycles. The number of nitrogens with zero attached hydrogens (tertiary/aromatic N) is 2. The molecule has 5 rings (SSSR count). The number of aliphatic hydroxyl groups is 1. The Bertz CT molecular complexity index is 1520. The van der Waals surface area contributed by atoms with Gasteiger partial charge in [-0.05, 0) is 63.9 Å². The predicted molar refractivity (Wildman–Crippen MR) is 156 cm³/mol. The van der Waals surface area contributed by atoms with Gasteiger partial charge < -0.3 is 20.1 Å². The maximum atomic E-state index is 14.7. The van der Waals surface area contributed by atoms with Crippen molar-refractivity contribution >= 4 is 34.5 Å². The minimum Gasteiger partial charge on any atom is -0.491 e. The van der Waals surface area contributed by atoms with Gasteiger partial charge in [-0.15, -0.1) is 0 Å². The van der Waals surface area contributed by atoms with Crippen molar-refractivity contribution < 1.29 is 28.2 Å². The van der Waals surface area contributed by atoms with E-state index in [1.165, 1.54) is 18.3 Å². The lowest BCUT2D eigenvalue weighted by atomic mass is 9.86. The molecular weight excluding hydrogens is 645 g/mol. The van der Waals surface area contributed by atoms with E-state index in [0.717, 1.165) is 10.5 Å². The average Bonchev–Trinajstić information content (AvgIpc) is 3.54. The lowest BCUT2D eigenvalue weighted by Gasteiger charge is -2.26. The van der Waals surface area contributed by atoms with Crippen LogP contribution < -0.4 is 10.1 Å². The summed E-state index contributed by atoms with van der Waals surface area (Å²) in [5, 5.41) is 11.7. The van der Waals surface area contributed by atoms with E-state index in [4.69, 9.17) is 9.84 Å². The summed E-state index contributed by atoms with van der Waals surface area (Å²) in [6.07, 6.45) is 1.36. The monoisotopic (exact) mass is 672 g/mol. The normalized spacial score (nSPS) is 16.5. The highest BCUT2D eigenvalue weighted by Crippen LogP contribution is 2.36. The summed E-state index contributed by atoms with van der Waals surface area (Å²) in [6, 6.07) is 17.3. The molecule has 8 nitrogen and oxygen atoms in total. The number of carbonyl (C=O) groups excluding carboxylic acids is 2. The van der Waals surface area contributed by atoms with Gasteiger partial charge in [0.2, 0.25) is 0 Å². The quantitative estimate of drug-likeness (QED) is 0.152. The fourth-order valence-corrected chi connectivity index (χ4v) is 5.50.